The summed E-state index contributed by atoms with van der Waals surface area (Å²) >= 11 is 0. The molecule has 3 rings (SSSR count). The Bertz CT molecular complexity index is 693. The number of nitrogens with two attached hydrogens (primary N) is 1. The fraction of sp³-hybridized carbons (Fsp3) is 0.231. The second kappa shape index (κ2) is 5.52. The predicted octanol–water partition coefficient (Wildman–Crippen LogP) is 1.31. The van der Waals surface area contributed by atoms with E-state index in [9.17, 15) is 0 Å². The number of para-hydroxylation sites is 1. The van der Waals surface area contributed by atoms with Crippen LogP contribution >= 0.6 is 0 Å². The predicted molar refractivity (Wildman–Crippen MR) is 77.1 cm³/mol. The van der Waals surface area contributed by atoms with Crippen LogP contribution < -0.4 is 11.1 Å². The molecule has 20 heavy (non-hydrogen) atoms. The minimum absolute atomic E-state index is 0.280. The molecule has 3 aromatic rings. The summed E-state index contributed by atoms with van der Waals surface area (Å²) in [6, 6.07) is 7.80. The molecular weight excluding hydrogens is 254 g/mol. The molecule has 7 nitrogen and oxygen atoms in total. The Morgan fingerprint density at radius 3 is 2.95 bits per heavy atom. The first-order chi connectivity index (χ1) is 9.83. The molecule has 0 atom stereocenters. The van der Waals surface area contributed by atoms with Crippen LogP contribution in [0.15, 0.2) is 36.7 Å². The van der Waals surface area contributed by atoms with Gasteiger partial charge in [0.25, 0.3) is 0 Å². The number of nitrogen functional groups attached to an aromatic ring is 1. The molecule has 1 aromatic carbocycles. The number of nitrogens with one attached hydrogen (secondary N) is 1. The van der Waals surface area contributed by atoms with Crippen molar-refractivity contribution >= 4 is 22.7 Å². The number of aromatic nitrogens is 5. The lowest BCUT2D eigenvalue weighted by atomic mass is 10.2. The second-order valence-electron chi connectivity index (χ2n) is 4.39. The molecule has 0 saturated heterocycles. The molecule has 0 spiro atoms. The van der Waals surface area contributed by atoms with Gasteiger partial charge < -0.3 is 11.1 Å². The quantitative estimate of drug-likeness (QED) is 0.678. The monoisotopic (exact) mass is 269 g/mol. The van der Waals surface area contributed by atoms with Crippen LogP contribution in [0.25, 0.3) is 10.9 Å². The molecule has 0 unspecified atom stereocenters. The lowest BCUT2D eigenvalue weighted by molar-refractivity contribution is 0.569. The zero-order chi connectivity index (χ0) is 13.8. The van der Waals surface area contributed by atoms with Crippen LogP contribution in [0.2, 0.25) is 0 Å². The van der Waals surface area contributed by atoms with Gasteiger partial charge in [0.05, 0.1) is 11.7 Å². The number of benzene rings is 1. The number of anilines is 2. The minimum atomic E-state index is 0.280. The van der Waals surface area contributed by atoms with Crippen molar-refractivity contribution in [3.8, 4) is 0 Å². The van der Waals surface area contributed by atoms with E-state index in [0.29, 0.717) is 0 Å². The number of rotatable bonds is 5. The van der Waals surface area contributed by atoms with E-state index in [1.165, 1.54) is 0 Å². The first kappa shape index (κ1) is 12.3. The van der Waals surface area contributed by atoms with Crippen molar-refractivity contribution in [1.82, 2.24) is 25.0 Å². The summed E-state index contributed by atoms with van der Waals surface area (Å²) < 4.78 is 1.80. The molecule has 102 valence electrons. The van der Waals surface area contributed by atoms with Crippen molar-refractivity contribution in [2.45, 2.75) is 13.0 Å². The molecule has 0 amide bonds. The molecule has 0 aliphatic rings. The first-order valence-electron chi connectivity index (χ1n) is 6.43. The van der Waals surface area contributed by atoms with Crippen LogP contribution in [0.5, 0.6) is 0 Å². The molecule has 0 fully saturated rings. The van der Waals surface area contributed by atoms with E-state index in [0.717, 1.165) is 36.2 Å². The van der Waals surface area contributed by atoms with Gasteiger partial charge in [-0.15, -0.1) is 5.10 Å². The van der Waals surface area contributed by atoms with Gasteiger partial charge >= 0.3 is 0 Å². The van der Waals surface area contributed by atoms with Gasteiger partial charge in [-0.1, -0.05) is 17.3 Å². The third-order valence-electron chi connectivity index (χ3n) is 2.95. The molecular formula is C13H15N7. The van der Waals surface area contributed by atoms with E-state index in [2.05, 4.69) is 25.6 Å². The van der Waals surface area contributed by atoms with Crippen LogP contribution in [-0.4, -0.2) is 31.5 Å². The summed E-state index contributed by atoms with van der Waals surface area (Å²) in [6.45, 7) is 1.59. The van der Waals surface area contributed by atoms with Crippen LogP contribution in [0.1, 0.15) is 6.42 Å². The average Bonchev–Trinajstić information content (AvgIpc) is 2.96. The molecule has 0 aliphatic heterocycles. The van der Waals surface area contributed by atoms with Gasteiger partial charge in [0.15, 0.2) is 0 Å². The van der Waals surface area contributed by atoms with Crippen molar-refractivity contribution in [2.24, 2.45) is 0 Å². The van der Waals surface area contributed by atoms with Gasteiger partial charge in [0.1, 0.15) is 5.82 Å². The number of hydrogen-bond donors (Lipinski definition) is 2. The van der Waals surface area contributed by atoms with Crippen molar-refractivity contribution in [1.29, 1.82) is 0 Å². The van der Waals surface area contributed by atoms with Crippen LogP contribution in [0.4, 0.5) is 11.8 Å². The van der Waals surface area contributed by atoms with E-state index in [-0.39, 0.29) is 5.95 Å². The summed E-state index contributed by atoms with van der Waals surface area (Å²) in [6.07, 6.45) is 4.44. The Morgan fingerprint density at radius 1 is 1.20 bits per heavy atom. The number of nitrogens with zero attached hydrogens (tertiary/aromatic N) is 5. The molecule has 2 heterocycles. The number of hydrogen-bond acceptors (Lipinski definition) is 6. The highest BCUT2D eigenvalue weighted by molar-refractivity contribution is 5.89. The van der Waals surface area contributed by atoms with Crippen molar-refractivity contribution in [2.75, 3.05) is 17.6 Å². The smallest absolute Gasteiger partial charge is 0.222 e. The van der Waals surface area contributed by atoms with E-state index in [1.807, 2.05) is 30.5 Å². The zero-order valence-corrected chi connectivity index (χ0v) is 10.9. The Labute approximate surface area is 115 Å². The lowest BCUT2D eigenvalue weighted by Gasteiger charge is -2.09. The first-order valence-corrected chi connectivity index (χ1v) is 6.43. The Kier molecular flexibility index (Phi) is 3.40. The van der Waals surface area contributed by atoms with E-state index < -0.39 is 0 Å². The van der Waals surface area contributed by atoms with Crippen molar-refractivity contribution in [3.63, 3.8) is 0 Å². The molecule has 0 radical (unpaired) electrons. The molecule has 2 aromatic heterocycles. The maximum absolute atomic E-state index is 5.72. The Balaban J connectivity index is 1.68. The molecule has 0 aliphatic carbocycles. The van der Waals surface area contributed by atoms with Gasteiger partial charge in [-0.25, -0.2) is 4.98 Å². The fourth-order valence-corrected chi connectivity index (χ4v) is 2.03. The summed E-state index contributed by atoms with van der Waals surface area (Å²) in [5.74, 6) is 1.05. The summed E-state index contributed by atoms with van der Waals surface area (Å²) in [7, 11) is 0. The third kappa shape index (κ3) is 2.66. The molecule has 0 saturated carbocycles. The van der Waals surface area contributed by atoms with Crippen molar-refractivity contribution in [3.05, 3.63) is 36.7 Å². The summed E-state index contributed by atoms with van der Waals surface area (Å²) in [5, 5.41) is 12.0. The SMILES string of the molecule is Nc1nc(NCCCn2ccnn2)c2ccccc2n1. The highest BCUT2D eigenvalue weighted by atomic mass is 15.4. The van der Waals surface area contributed by atoms with Gasteiger partial charge in [0, 0.05) is 24.7 Å². The topological polar surface area (TPSA) is 94.5 Å². The Hall–Kier alpha value is -2.70. The van der Waals surface area contributed by atoms with Crippen LogP contribution in [-0.2, 0) is 6.54 Å². The highest BCUT2D eigenvalue weighted by Crippen LogP contribution is 2.20. The number of aryl methyl sites for hydroxylation is 1. The lowest BCUT2D eigenvalue weighted by Crippen LogP contribution is -2.09. The van der Waals surface area contributed by atoms with Crippen LogP contribution in [0.3, 0.4) is 0 Å². The largest absolute Gasteiger partial charge is 0.369 e. The summed E-state index contributed by atoms with van der Waals surface area (Å²) in [4.78, 5) is 8.47. The molecule has 7 heteroatoms. The van der Waals surface area contributed by atoms with Gasteiger partial charge in [0.2, 0.25) is 5.95 Å². The van der Waals surface area contributed by atoms with Crippen molar-refractivity contribution < 1.29 is 0 Å². The van der Waals surface area contributed by atoms with Gasteiger partial charge in [-0.2, -0.15) is 4.98 Å². The fourth-order valence-electron chi connectivity index (χ4n) is 2.03. The third-order valence-corrected chi connectivity index (χ3v) is 2.95. The highest BCUT2D eigenvalue weighted by Gasteiger charge is 2.04. The van der Waals surface area contributed by atoms with E-state index in [1.54, 1.807) is 10.9 Å². The van der Waals surface area contributed by atoms with Gasteiger partial charge in [-0.3, -0.25) is 4.68 Å². The normalized spacial score (nSPS) is 10.8. The summed E-state index contributed by atoms with van der Waals surface area (Å²) in [5.41, 5.74) is 6.57. The standard InChI is InChI=1S/C13H15N7/c14-13-17-11-5-2-1-4-10(11)12(18-13)15-6-3-8-20-9-7-16-19-20/h1-2,4-5,7,9H,3,6,8H2,(H3,14,15,17,18). The van der Waals surface area contributed by atoms with Crippen LogP contribution in [0, 0.1) is 0 Å². The van der Waals surface area contributed by atoms with Gasteiger partial charge in [-0.05, 0) is 18.6 Å². The maximum Gasteiger partial charge on any atom is 0.222 e. The maximum atomic E-state index is 5.72. The second-order valence-corrected chi connectivity index (χ2v) is 4.39. The van der Waals surface area contributed by atoms with E-state index in [4.69, 9.17) is 5.73 Å². The Morgan fingerprint density at radius 2 is 2.10 bits per heavy atom. The average molecular weight is 269 g/mol. The number of fused-ring (bicyclic) bond motifs is 1. The zero-order valence-electron chi connectivity index (χ0n) is 10.9. The molecule has 3 N–H and O–H groups in total. The molecule has 0 bridgehead atoms. The minimum Gasteiger partial charge on any atom is -0.369 e. The van der Waals surface area contributed by atoms with E-state index >= 15 is 0 Å².